The Hall–Kier alpha value is -1.45. The molecule has 1 aromatic rings. The Morgan fingerprint density at radius 3 is 3.04 bits per heavy atom. The average Bonchev–Trinajstić information content (AvgIpc) is 3.28. The molecule has 0 spiro atoms. The highest BCUT2D eigenvalue weighted by Gasteiger charge is 2.52. The topological polar surface area (TPSA) is 93.7 Å². The lowest BCUT2D eigenvalue weighted by atomic mass is 9.81. The number of hydrogen-bond donors (Lipinski definition) is 1. The lowest BCUT2D eigenvalue weighted by molar-refractivity contribution is 0.156. The van der Waals surface area contributed by atoms with E-state index >= 15 is 0 Å². The van der Waals surface area contributed by atoms with E-state index in [0.29, 0.717) is 38.1 Å². The van der Waals surface area contributed by atoms with Gasteiger partial charge in [-0.3, -0.25) is 0 Å². The Morgan fingerprint density at radius 1 is 1.46 bits per heavy atom. The Morgan fingerprint density at radius 2 is 2.29 bits per heavy atom. The zero-order valence-corrected chi connectivity index (χ0v) is 14.5. The Bertz CT molecular complexity index is 724. The number of rotatable bonds is 6. The van der Waals surface area contributed by atoms with Crippen LogP contribution in [0.3, 0.4) is 0 Å². The fraction of sp³-hybridized carbons (Fsp3) is 0.733. The first-order chi connectivity index (χ1) is 11.5. The first kappa shape index (κ1) is 16.0. The Labute approximate surface area is 141 Å². The molecule has 1 aliphatic carbocycles. The van der Waals surface area contributed by atoms with Gasteiger partial charge in [0.05, 0.1) is 25.6 Å². The lowest BCUT2D eigenvalue weighted by Gasteiger charge is -2.27. The molecule has 4 rings (SSSR count). The quantitative estimate of drug-likeness (QED) is 0.770. The summed E-state index contributed by atoms with van der Waals surface area (Å²) in [6.45, 7) is 3.17. The van der Waals surface area contributed by atoms with E-state index in [9.17, 15) is 8.42 Å². The van der Waals surface area contributed by atoms with Crippen molar-refractivity contribution in [2.75, 3.05) is 44.9 Å². The van der Waals surface area contributed by atoms with Gasteiger partial charge in [0.15, 0.2) is 0 Å². The maximum atomic E-state index is 12.2. The van der Waals surface area contributed by atoms with Crippen molar-refractivity contribution in [3.05, 3.63) is 12.4 Å². The van der Waals surface area contributed by atoms with Gasteiger partial charge in [-0.05, 0) is 12.8 Å². The number of aromatic nitrogens is 2. The fourth-order valence-electron chi connectivity index (χ4n) is 3.61. The van der Waals surface area contributed by atoms with Gasteiger partial charge in [-0.25, -0.2) is 23.1 Å². The second-order valence-corrected chi connectivity index (χ2v) is 8.98. The number of methoxy groups -OCH3 is 1. The summed E-state index contributed by atoms with van der Waals surface area (Å²) in [6.07, 6.45) is 3.03. The van der Waals surface area contributed by atoms with Crippen LogP contribution in [0.1, 0.15) is 12.8 Å². The fourth-order valence-corrected chi connectivity index (χ4v) is 5.09. The highest BCUT2D eigenvalue weighted by atomic mass is 32.2. The van der Waals surface area contributed by atoms with Crippen LogP contribution in [0, 0.1) is 11.3 Å². The smallest absolute Gasteiger partial charge is 0.218 e. The molecule has 8 nitrogen and oxygen atoms in total. The number of fused-ring (bicyclic) bond motifs is 1. The summed E-state index contributed by atoms with van der Waals surface area (Å²) in [5.74, 6) is 1.62. The van der Waals surface area contributed by atoms with Crippen LogP contribution in [0.5, 0.6) is 5.88 Å². The monoisotopic (exact) mass is 354 g/mol. The van der Waals surface area contributed by atoms with Gasteiger partial charge in [-0.1, -0.05) is 0 Å². The second-order valence-electron chi connectivity index (χ2n) is 6.94. The SMILES string of the molecule is COc1cc(N2C[C@@H]3COC[C@]3(CNS(=O)(=O)C3CC3)C2)ncn1. The number of anilines is 1. The first-order valence-electron chi connectivity index (χ1n) is 8.20. The molecule has 0 aromatic carbocycles. The Balaban J connectivity index is 1.50. The highest BCUT2D eigenvalue weighted by Crippen LogP contribution is 2.42. The maximum Gasteiger partial charge on any atom is 0.218 e. The first-order valence-corrected chi connectivity index (χ1v) is 9.74. The summed E-state index contributed by atoms with van der Waals surface area (Å²) in [5, 5.41) is -0.196. The largest absolute Gasteiger partial charge is 0.481 e. The number of hydrogen-bond acceptors (Lipinski definition) is 7. The number of sulfonamides is 1. The van der Waals surface area contributed by atoms with Gasteiger partial charge in [0.25, 0.3) is 0 Å². The minimum Gasteiger partial charge on any atom is -0.481 e. The molecule has 2 aliphatic heterocycles. The predicted octanol–water partition coefficient (Wildman–Crippen LogP) is 0.0198. The molecule has 2 saturated heterocycles. The third kappa shape index (κ3) is 2.84. The number of nitrogens with one attached hydrogen (secondary N) is 1. The van der Waals surface area contributed by atoms with E-state index in [-0.39, 0.29) is 10.7 Å². The third-order valence-electron chi connectivity index (χ3n) is 5.27. The van der Waals surface area contributed by atoms with E-state index < -0.39 is 10.0 Å². The molecule has 3 heterocycles. The lowest BCUT2D eigenvalue weighted by Crippen LogP contribution is -2.44. The van der Waals surface area contributed by atoms with E-state index in [1.807, 2.05) is 6.07 Å². The van der Waals surface area contributed by atoms with E-state index in [4.69, 9.17) is 9.47 Å². The van der Waals surface area contributed by atoms with Gasteiger partial charge in [-0.2, -0.15) is 0 Å². The molecule has 3 aliphatic rings. The van der Waals surface area contributed by atoms with Crippen LogP contribution in [-0.2, 0) is 14.8 Å². The standard InChI is InChI=1S/C15H22N4O4S/c1-22-14-4-13(16-10-17-14)19-5-11-6-23-9-15(11,8-19)7-18-24(20,21)12-2-3-12/h4,10-12,18H,2-3,5-9H2,1H3/t11-,15+/m1/s1. The van der Waals surface area contributed by atoms with Gasteiger partial charge in [-0.15, -0.1) is 0 Å². The normalized spacial score (nSPS) is 29.7. The molecule has 0 bridgehead atoms. The zero-order chi connectivity index (χ0) is 16.8. The van der Waals surface area contributed by atoms with E-state index in [1.54, 1.807) is 7.11 Å². The van der Waals surface area contributed by atoms with Crippen LogP contribution in [0.2, 0.25) is 0 Å². The molecule has 9 heteroatoms. The van der Waals surface area contributed by atoms with Gasteiger partial charge in [0.2, 0.25) is 15.9 Å². The summed E-state index contributed by atoms with van der Waals surface area (Å²) in [7, 11) is -1.60. The molecular weight excluding hydrogens is 332 g/mol. The van der Waals surface area contributed by atoms with Crippen LogP contribution < -0.4 is 14.4 Å². The molecule has 132 valence electrons. The van der Waals surface area contributed by atoms with Gasteiger partial charge in [0, 0.05) is 37.0 Å². The maximum absolute atomic E-state index is 12.2. The minimum atomic E-state index is -3.18. The van der Waals surface area contributed by atoms with Crippen LogP contribution in [0.15, 0.2) is 12.4 Å². The van der Waals surface area contributed by atoms with Crippen molar-refractivity contribution in [1.82, 2.24) is 14.7 Å². The molecule has 0 unspecified atom stereocenters. The second kappa shape index (κ2) is 5.82. The van der Waals surface area contributed by atoms with Crippen molar-refractivity contribution in [2.45, 2.75) is 18.1 Å². The predicted molar refractivity (Wildman–Crippen MR) is 87.5 cm³/mol. The minimum absolute atomic E-state index is 0.194. The molecule has 0 amide bonds. The summed E-state index contributed by atoms with van der Waals surface area (Å²) in [6, 6.07) is 1.81. The summed E-state index contributed by atoms with van der Waals surface area (Å²) < 4.78 is 38.0. The van der Waals surface area contributed by atoms with Crippen molar-refractivity contribution in [3.8, 4) is 5.88 Å². The van der Waals surface area contributed by atoms with Crippen molar-refractivity contribution >= 4 is 15.8 Å². The summed E-state index contributed by atoms with van der Waals surface area (Å²) in [5.41, 5.74) is -0.194. The Kier molecular flexibility index (Phi) is 3.89. The highest BCUT2D eigenvalue weighted by molar-refractivity contribution is 7.90. The average molecular weight is 354 g/mol. The molecule has 24 heavy (non-hydrogen) atoms. The zero-order valence-electron chi connectivity index (χ0n) is 13.6. The van der Waals surface area contributed by atoms with Gasteiger partial charge in [0.1, 0.15) is 12.1 Å². The molecular formula is C15H22N4O4S. The molecule has 1 saturated carbocycles. The summed E-state index contributed by atoms with van der Waals surface area (Å²) >= 11 is 0. The van der Waals surface area contributed by atoms with Gasteiger partial charge >= 0.3 is 0 Å². The summed E-state index contributed by atoms with van der Waals surface area (Å²) in [4.78, 5) is 10.5. The molecule has 0 radical (unpaired) electrons. The van der Waals surface area contributed by atoms with E-state index in [2.05, 4.69) is 19.6 Å². The van der Waals surface area contributed by atoms with E-state index in [0.717, 1.165) is 25.2 Å². The van der Waals surface area contributed by atoms with Crippen molar-refractivity contribution in [2.24, 2.45) is 11.3 Å². The van der Waals surface area contributed by atoms with Crippen LogP contribution >= 0.6 is 0 Å². The van der Waals surface area contributed by atoms with Crippen LogP contribution in [0.4, 0.5) is 5.82 Å². The van der Waals surface area contributed by atoms with Crippen molar-refractivity contribution < 1.29 is 17.9 Å². The third-order valence-corrected chi connectivity index (χ3v) is 7.17. The van der Waals surface area contributed by atoms with Crippen molar-refractivity contribution in [3.63, 3.8) is 0 Å². The van der Waals surface area contributed by atoms with Crippen LogP contribution in [-0.4, -0.2) is 63.6 Å². The number of nitrogens with zero attached hydrogens (tertiary/aromatic N) is 3. The van der Waals surface area contributed by atoms with E-state index in [1.165, 1.54) is 6.33 Å². The van der Waals surface area contributed by atoms with Crippen LogP contribution in [0.25, 0.3) is 0 Å². The van der Waals surface area contributed by atoms with Gasteiger partial charge < -0.3 is 14.4 Å². The molecule has 1 aromatic heterocycles. The molecule has 2 atom stereocenters. The van der Waals surface area contributed by atoms with Crippen molar-refractivity contribution in [1.29, 1.82) is 0 Å². The molecule has 3 fully saturated rings. The molecule has 1 N–H and O–H groups in total. The number of ether oxygens (including phenoxy) is 2.